The zero-order valence-electron chi connectivity index (χ0n) is 25.0. The van der Waals surface area contributed by atoms with Gasteiger partial charge in [-0.05, 0) is 72.1 Å². The molecule has 8 nitrogen and oxygen atoms in total. The van der Waals surface area contributed by atoms with Crippen LogP contribution in [0.1, 0.15) is 58.3 Å². The summed E-state index contributed by atoms with van der Waals surface area (Å²) in [4.78, 5) is 20.9. The molecule has 10 heteroatoms. The Kier molecular flexibility index (Phi) is 7.81. The van der Waals surface area contributed by atoms with Crippen LogP contribution in [0.15, 0.2) is 66.7 Å². The van der Waals surface area contributed by atoms with Crippen LogP contribution in [-0.2, 0) is 17.8 Å². The monoisotopic (exact) mass is 608 g/mol. The predicted molar refractivity (Wildman–Crippen MR) is 163 cm³/mol. The molecule has 228 valence electrons. The molecule has 1 fully saturated rings. The Hall–Kier alpha value is -5.14. The summed E-state index contributed by atoms with van der Waals surface area (Å²) >= 11 is 0. The summed E-state index contributed by atoms with van der Waals surface area (Å²) in [7, 11) is 0. The average Bonchev–Trinajstić information content (AvgIpc) is 3.55. The van der Waals surface area contributed by atoms with E-state index in [-0.39, 0.29) is 35.9 Å². The fraction of sp³-hybridized carbons (Fsp3) is 0.257. The quantitative estimate of drug-likeness (QED) is 0.202. The number of hydrogen-bond acceptors (Lipinski definition) is 6. The fourth-order valence-electron chi connectivity index (χ4n) is 5.75. The van der Waals surface area contributed by atoms with Crippen molar-refractivity contribution in [3.63, 3.8) is 0 Å². The minimum atomic E-state index is -1.04. The van der Waals surface area contributed by atoms with E-state index in [1.165, 1.54) is 24.3 Å². The van der Waals surface area contributed by atoms with Gasteiger partial charge in [-0.1, -0.05) is 32.0 Å². The highest BCUT2D eigenvalue weighted by molar-refractivity contribution is 5.92. The molecule has 1 aliphatic heterocycles. The maximum atomic E-state index is 15.8. The summed E-state index contributed by atoms with van der Waals surface area (Å²) in [6, 6.07) is 19.3. The predicted octanol–water partition coefficient (Wildman–Crippen LogP) is 7.02. The number of imidazole rings is 1. The van der Waals surface area contributed by atoms with Crippen molar-refractivity contribution in [1.82, 2.24) is 14.5 Å². The zero-order valence-corrected chi connectivity index (χ0v) is 25.0. The molecule has 1 atom stereocenters. The van der Waals surface area contributed by atoms with Gasteiger partial charge in [-0.2, -0.15) is 5.26 Å². The van der Waals surface area contributed by atoms with Crippen LogP contribution in [0.4, 0.5) is 8.78 Å². The summed E-state index contributed by atoms with van der Waals surface area (Å²) in [6.45, 7) is 6.99. The molecule has 3 heterocycles. The summed E-state index contributed by atoms with van der Waals surface area (Å²) in [6.07, 6.45) is 0.159. The molecule has 1 aliphatic rings. The molecule has 1 saturated heterocycles. The first-order chi connectivity index (χ1) is 21.5. The number of hydrogen-bond donors (Lipinski definition) is 1. The SMILES string of the molecule is Cc1cc(Cc2nc3ccc(C(=O)O)cc3n2C2COCC2(C)C)c(F)cc1-c1ccc(F)c(OCc2ccc(C#N)cc2)n1. The molecule has 0 spiro atoms. The normalized spacial score (nSPS) is 15.7. The van der Waals surface area contributed by atoms with Gasteiger partial charge in [-0.25, -0.2) is 23.5 Å². The van der Waals surface area contributed by atoms with Crippen LogP contribution < -0.4 is 4.74 Å². The number of carbonyl (C=O) groups is 1. The van der Waals surface area contributed by atoms with Crippen molar-refractivity contribution in [3.05, 3.63) is 112 Å². The average molecular weight is 609 g/mol. The van der Waals surface area contributed by atoms with E-state index in [1.807, 2.05) is 17.6 Å². The number of halogens is 2. The van der Waals surface area contributed by atoms with Gasteiger partial charge in [0.15, 0.2) is 5.82 Å². The maximum absolute atomic E-state index is 15.8. The van der Waals surface area contributed by atoms with Gasteiger partial charge in [0.2, 0.25) is 0 Å². The van der Waals surface area contributed by atoms with E-state index in [1.54, 1.807) is 42.5 Å². The molecule has 0 saturated carbocycles. The second kappa shape index (κ2) is 11.7. The van der Waals surface area contributed by atoms with E-state index in [0.717, 1.165) is 11.1 Å². The number of nitrogens with zero attached hydrogens (tertiary/aromatic N) is 4. The molecule has 3 aromatic carbocycles. The molecule has 6 rings (SSSR count). The Morgan fingerprint density at radius 1 is 1.09 bits per heavy atom. The number of benzene rings is 3. The van der Waals surface area contributed by atoms with Crippen molar-refractivity contribution < 1.29 is 28.2 Å². The van der Waals surface area contributed by atoms with Gasteiger partial charge in [0.05, 0.1) is 53.2 Å². The minimum Gasteiger partial charge on any atom is -0.478 e. The topological polar surface area (TPSA) is 110 Å². The summed E-state index contributed by atoms with van der Waals surface area (Å²) < 4.78 is 43.9. The number of aryl methyl sites for hydroxylation is 1. The van der Waals surface area contributed by atoms with E-state index in [0.29, 0.717) is 52.5 Å². The van der Waals surface area contributed by atoms with Crippen molar-refractivity contribution >= 4 is 17.0 Å². The Labute approximate surface area is 258 Å². The number of nitriles is 1. The van der Waals surface area contributed by atoms with Crippen LogP contribution in [0.3, 0.4) is 0 Å². The molecular weight excluding hydrogens is 578 g/mol. The number of rotatable bonds is 8. The van der Waals surface area contributed by atoms with Gasteiger partial charge < -0.3 is 19.1 Å². The number of ether oxygens (including phenoxy) is 2. The Balaban J connectivity index is 1.32. The van der Waals surface area contributed by atoms with Gasteiger partial charge in [0, 0.05) is 17.4 Å². The van der Waals surface area contributed by atoms with Crippen molar-refractivity contribution in [3.8, 4) is 23.2 Å². The Morgan fingerprint density at radius 3 is 2.56 bits per heavy atom. The van der Waals surface area contributed by atoms with Gasteiger partial charge in [0.25, 0.3) is 5.88 Å². The van der Waals surface area contributed by atoms with Gasteiger partial charge in [-0.3, -0.25) is 0 Å². The van der Waals surface area contributed by atoms with Crippen molar-refractivity contribution in [2.75, 3.05) is 13.2 Å². The van der Waals surface area contributed by atoms with Crippen LogP contribution >= 0.6 is 0 Å². The Morgan fingerprint density at radius 2 is 1.87 bits per heavy atom. The van der Waals surface area contributed by atoms with Gasteiger partial charge >= 0.3 is 5.97 Å². The van der Waals surface area contributed by atoms with Crippen molar-refractivity contribution in [2.45, 2.75) is 39.8 Å². The molecular formula is C35H30F2N4O4. The number of aromatic carboxylic acids is 1. The molecule has 2 aromatic heterocycles. The van der Waals surface area contributed by atoms with Crippen LogP contribution in [0.5, 0.6) is 5.88 Å². The molecule has 1 unspecified atom stereocenters. The molecule has 5 aromatic rings. The van der Waals surface area contributed by atoms with Gasteiger partial charge in [0.1, 0.15) is 18.2 Å². The molecule has 0 bridgehead atoms. The lowest BCUT2D eigenvalue weighted by atomic mass is 9.87. The van der Waals surface area contributed by atoms with E-state index in [4.69, 9.17) is 19.7 Å². The second-order valence-electron chi connectivity index (χ2n) is 11.9. The largest absolute Gasteiger partial charge is 0.478 e. The van der Waals surface area contributed by atoms with E-state index in [2.05, 4.69) is 18.8 Å². The Bertz CT molecular complexity index is 1980. The minimum absolute atomic E-state index is 0.0448. The number of carboxylic acid groups (broad SMARTS) is 1. The zero-order chi connectivity index (χ0) is 31.9. The first-order valence-corrected chi connectivity index (χ1v) is 14.4. The third-order valence-corrected chi connectivity index (χ3v) is 8.26. The van der Waals surface area contributed by atoms with Gasteiger partial charge in [-0.15, -0.1) is 0 Å². The molecule has 0 aliphatic carbocycles. The summed E-state index contributed by atoms with van der Waals surface area (Å²) in [5.41, 5.74) is 4.39. The molecule has 1 N–H and O–H groups in total. The summed E-state index contributed by atoms with van der Waals surface area (Å²) in [5, 5.41) is 18.6. The fourth-order valence-corrected chi connectivity index (χ4v) is 5.75. The maximum Gasteiger partial charge on any atom is 0.335 e. The first kappa shape index (κ1) is 29.9. The number of aromatic nitrogens is 3. The number of fused-ring (bicyclic) bond motifs is 1. The van der Waals surface area contributed by atoms with E-state index < -0.39 is 17.6 Å². The molecule has 0 amide bonds. The molecule has 45 heavy (non-hydrogen) atoms. The van der Waals surface area contributed by atoms with Crippen molar-refractivity contribution in [1.29, 1.82) is 5.26 Å². The smallest absolute Gasteiger partial charge is 0.335 e. The highest BCUT2D eigenvalue weighted by atomic mass is 19.1. The summed E-state index contributed by atoms with van der Waals surface area (Å²) in [5.74, 6) is -1.78. The number of carboxylic acids is 1. The standard InChI is InChI=1S/C35H30F2N4O4/c1-20-12-24(14-32-39-29-10-8-23(34(42)43)13-30(29)41(32)31-18-44-19-35(31,2)3)27(37)15-25(20)28-11-9-26(36)33(40-28)45-17-22-6-4-21(16-38)5-7-22/h4-13,15,31H,14,17-19H2,1-3H3,(H,42,43). The third kappa shape index (κ3) is 5.87. The highest BCUT2D eigenvalue weighted by Crippen LogP contribution is 2.40. The lowest BCUT2D eigenvalue weighted by Gasteiger charge is -2.28. The lowest BCUT2D eigenvalue weighted by molar-refractivity contribution is 0.0697. The molecule has 0 radical (unpaired) electrons. The second-order valence-corrected chi connectivity index (χ2v) is 11.9. The van der Waals surface area contributed by atoms with Crippen LogP contribution in [0, 0.1) is 35.3 Å². The van der Waals surface area contributed by atoms with E-state index >= 15 is 4.39 Å². The van der Waals surface area contributed by atoms with E-state index in [9.17, 15) is 14.3 Å². The first-order valence-electron chi connectivity index (χ1n) is 14.4. The highest BCUT2D eigenvalue weighted by Gasteiger charge is 2.39. The number of pyridine rings is 1. The van der Waals surface area contributed by atoms with Crippen LogP contribution in [-0.4, -0.2) is 38.8 Å². The van der Waals surface area contributed by atoms with Crippen LogP contribution in [0.2, 0.25) is 0 Å². The third-order valence-electron chi connectivity index (χ3n) is 8.26. The van der Waals surface area contributed by atoms with Crippen LogP contribution in [0.25, 0.3) is 22.3 Å². The lowest BCUT2D eigenvalue weighted by Crippen LogP contribution is -2.27. The van der Waals surface area contributed by atoms with Crippen molar-refractivity contribution in [2.24, 2.45) is 5.41 Å².